The number of cyclic esters (lactones) is 1. The first-order chi connectivity index (χ1) is 14.8. The van der Waals surface area contributed by atoms with Gasteiger partial charge in [-0.1, -0.05) is 13.8 Å². The summed E-state index contributed by atoms with van der Waals surface area (Å²) in [6.07, 6.45) is 3.52. The Morgan fingerprint density at radius 2 is 1.75 bits per heavy atom. The number of aliphatic hydroxyl groups is 1. The minimum Gasteiger partial charge on any atom is -0.472 e. The summed E-state index contributed by atoms with van der Waals surface area (Å²) in [6, 6.07) is 1.81. The molecule has 4 heterocycles. The van der Waals surface area contributed by atoms with Gasteiger partial charge in [-0.2, -0.15) is 0 Å². The molecule has 174 valence electrons. The molecule has 1 aromatic rings. The number of rotatable bonds is 1. The molecular weight excluding hydrogens is 412 g/mol. The Kier molecular flexibility index (Phi) is 3.59. The van der Waals surface area contributed by atoms with Crippen molar-refractivity contribution in [2.24, 2.45) is 28.1 Å². The zero-order chi connectivity index (χ0) is 23.1. The summed E-state index contributed by atoms with van der Waals surface area (Å²) in [4.78, 5) is 27.1. The van der Waals surface area contributed by atoms with Crippen molar-refractivity contribution in [2.45, 2.75) is 90.0 Å². The summed E-state index contributed by atoms with van der Waals surface area (Å²) >= 11 is 0. The van der Waals surface area contributed by atoms with Gasteiger partial charge in [0.1, 0.15) is 17.5 Å². The van der Waals surface area contributed by atoms with Gasteiger partial charge in [-0.3, -0.25) is 4.79 Å². The normalized spacial score (nSPS) is 55.3. The fourth-order valence-corrected chi connectivity index (χ4v) is 8.92. The van der Waals surface area contributed by atoms with Gasteiger partial charge in [0.15, 0.2) is 11.9 Å². The van der Waals surface area contributed by atoms with Crippen molar-refractivity contribution in [1.29, 1.82) is 0 Å². The van der Waals surface area contributed by atoms with Crippen molar-refractivity contribution in [3.63, 3.8) is 0 Å². The van der Waals surface area contributed by atoms with Gasteiger partial charge in [0.05, 0.1) is 23.5 Å². The van der Waals surface area contributed by atoms with Gasteiger partial charge in [-0.05, 0) is 52.5 Å². The number of epoxide rings is 1. The molecule has 7 heteroatoms. The van der Waals surface area contributed by atoms with E-state index < -0.39 is 51.4 Å². The molecule has 0 aromatic carbocycles. The SMILES string of the molecule is CC1(C)O[C@](C)(O)[C@@]2(C)[C@H]1CC(=O)[C@]1(C)[C@H]2CC[C@@]2(C)[C@H](c3ccoc3)OC(=O)[C@H]3O[C@]321. The molecule has 32 heavy (non-hydrogen) atoms. The third kappa shape index (κ3) is 1.90. The highest BCUT2D eigenvalue weighted by atomic mass is 16.7. The molecule has 1 N–H and O–H groups in total. The summed E-state index contributed by atoms with van der Waals surface area (Å²) in [5.74, 6) is -2.07. The summed E-state index contributed by atoms with van der Waals surface area (Å²) in [5.41, 5.74) is -3.05. The van der Waals surface area contributed by atoms with Crippen LogP contribution in [0.25, 0.3) is 0 Å². The van der Waals surface area contributed by atoms with Crippen molar-refractivity contribution in [3.8, 4) is 0 Å². The number of furan rings is 1. The predicted molar refractivity (Wildman–Crippen MR) is 111 cm³/mol. The fourth-order valence-electron chi connectivity index (χ4n) is 8.92. The van der Waals surface area contributed by atoms with Gasteiger partial charge >= 0.3 is 5.97 Å². The minimum atomic E-state index is -1.40. The number of esters is 1. The van der Waals surface area contributed by atoms with Gasteiger partial charge in [0.2, 0.25) is 0 Å². The molecule has 0 bridgehead atoms. The van der Waals surface area contributed by atoms with E-state index in [1.165, 1.54) is 0 Å². The molecule has 2 saturated carbocycles. The topological polar surface area (TPSA) is 98.5 Å². The van der Waals surface area contributed by atoms with Crippen LogP contribution in [0.5, 0.6) is 0 Å². The van der Waals surface area contributed by atoms with Gasteiger partial charge in [0, 0.05) is 28.7 Å². The summed E-state index contributed by atoms with van der Waals surface area (Å²) in [5, 5.41) is 11.6. The maximum atomic E-state index is 14.1. The molecular formula is C25H32O7. The zero-order valence-corrected chi connectivity index (χ0v) is 19.6. The lowest BCUT2D eigenvalue weighted by Gasteiger charge is -2.64. The number of fused-ring (bicyclic) bond motifs is 3. The molecule has 3 aliphatic heterocycles. The number of carbonyl (C=O) groups is 2. The standard InChI is InChI=1S/C25H32O7/c1-20(2)15-11-16(26)23(5)14(22(15,4)24(6,28)32-20)7-9-21(3)17(13-8-10-29-12-13)30-19(27)18-25(21,23)31-18/h8,10,12,14-15,17-18,28H,7,9,11H2,1-6H3/t14-,15-,17-,18+,21-,22+,23-,24-,25+/m0/s1. The zero-order valence-electron chi connectivity index (χ0n) is 19.6. The largest absolute Gasteiger partial charge is 0.472 e. The quantitative estimate of drug-likeness (QED) is 0.522. The molecule has 9 atom stereocenters. The highest BCUT2D eigenvalue weighted by Gasteiger charge is 2.89. The van der Waals surface area contributed by atoms with Crippen LogP contribution >= 0.6 is 0 Å². The van der Waals surface area contributed by atoms with Crippen molar-refractivity contribution >= 4 is 11.8 Å². The number of ether oxygens (including phenoxy) is 3. The highest BCUT2D eigenvalue weighted by molar-refractivity contribution is 5.93. The maximum absolute atomic E-state index is 14.1. The van der Waals surface area contributed by atoms with Crippen LogP contribution in [0.3, 0.4) is 0 Å². The van der Waals surface area contributed by atoms with E-state index >= 15 is 0 Å². The first-order valence-corrected chi connectivity index (χ1v) is 11.6. The lowest BCUT2D eigenvalue weighted by Crippen LogP contribution is -2.72. The monoisotopic (exact) mass is 444 g/mol. The number of ketones is 1. The van der Waals surface area contributed by atoms with Crippen molar-refractivity contribution in [2.75, 3.05) is 0 Å². The molecule has 7 nitrogen and oxygen atoms in total. The molecule has 1 aromatic heterocycles. The van der Waals surface area contributed by atoms with Gasteiger partial charge in [0.25, 0.3) is 0 Å². The Labute approximate surface area is 187 Å². The van der Waals surface area contributed by atoms with E-state index in [1.54, 1.807) is 19.5 Å². The molecule has 1 spiro atoms. The van der Waals surface area contributed by atoms with Crippen molar-refractivity contribution in [1.82, 2.24) is 0 Å². The smallest absolute Gasteiger partial charge is 0.339 e. The van der Waals surface area contributed by atoms with Crippen LogP contribution in [0, 0.1) is 28.1 Å². The Morgan fingerprint density at radius 3 is 2.41 bits per heavy atom. The summed E-state index contributed by atoms with van der Waals surface area (Å²) in [6.45, 7) is 11.8. The second-order valence-corrected chi connectivity index (χ2v) is 12.0. The van der Waals surface area contributed by atoms with Gasteiger partial charge in [-0.15, -0.1) is 0 Å². The Morgan fingerprint density at radius 1 is 1.03 bits per heavy atom. The maximum Gasteiger partial charge on any atom is 0.339 e. The van der Waals surface area contributed by atoms with Crippen LogP contribution < -0.4 is 0 Å². The Bertz CT molecular complexity index is 1030. The van der Waals surface area contributed by atoms with Crippen LogP contribution in [-0.2, 0) is 23.8 Å². The third-order valence-electron chi connectivity index (χ3n) is 10.5. The molecule has 5 fully saturated rings. The molecule has 5 aliphatic rings. The average Bonchev–Trinajstić information content (AvgIpc) is 3.21. The average molecular weight is 445 g/mol. The Hall–Kier alpha value is -1.70. The molecule has 3 saturated heterocycles. The van der Waals surface area contributed by atoms with Crippen molar-refractivity contribution in [3.05, 3.63) is 24.2 Å². The third-order valence-corrected chi connectivity index (χ3v) is 10.5. The van der Waals surface area contributed by atoms with Crippen molar-refractivity contribution < 1.29 is 33.3 Å². The predicted octanol–water partition coefficient (Wildman–Crippen LogP) is 3.55. The summed E-state index contributed by atoms with van der Waals surface area (Å²) in [7, 11) is 0. The molecule has 6 rings (SSSR count). The number of carbonyl (C=O) groups excluding carboxylic acids is 2. The van der Waals surface area contributed by atoms with Crippen LogP contribution in [0.1, 0.15) is 72.5 Å². The van der Waals surface area contributed by atoms with E-state index in [2.05, 4.69) is 13.8 Å². The van der Waals surface area contributed by atoms with E-state index in [4.69, 9.17) is 18.6 Å². The lowest BCUT2D eigenvalue weighted by molar-refractivity contribution is -0.273. The van der Waals surface area contributed by atoms with Gasteiger partial charge < -0.3 is 23.7 Å². The van der Waals surface area contributed by atoms with E-state index in [9.17, 15) is 14.7 Å². The summed E-state index contributed by atoms with van der Waals surface area (Å²) < 4.78 is 23.7. The second kappa shape index (κ2) is 5.50. The molecule has 0 amide bonds. The first-order valence-electron chi connectivity index (χ1n) is 11.6. The lowest BCUT2D eigenvalue weighted by atomic mass is 9.37. The van der Waals surface area contributed by atoms with E-state index in [1.807, 2.05) is 26.8 Å². The number of hydrogen-bond donors (Lipinski definition) is 1. The minimum absolute atomic E-state index is 0.0911. The fraction of sp³-hybridized carbons (Fsp3) is 0.760. The van der Waals surface area contributed by atoms with E-state index in [0.717, 1.165) is 5.56 Å². The second-order valence-electron chi connectivity index (χ2n) is 12.0. The number of hydrogen-bond acceptors (Lipinski definition) is 7. The van der Waals surface area contributed by atoms with E-state index in [-0.39, 0.29) is 24.0 Å². The highest BCUT2D eigenvalue weighted by Crippen LogP contribution is 2.80. The van der Waals surface area contributed by atoms with E-state index in [0.29, 0.717) is 12.8 Å². The first kappa shape index (κ1) is 20.9. The van der Waals surface area contributed by atoms with Crippen LogP contribution in [-0.4, -0.2) is 40.0 Å². The van der Waals surface area contributed by atoms with Gasteiger partial charge in [-0.25, -0.2) is 4.79 Å². The Balaban J connectivity index is 1.54. The molecule has 0 radical (unpaired) electrons. The number of Topliss-reactive ketones (excluding diaryl/α,β-unsaturated/α-hetero) is 1. The van der Waals surface area contributed by atoms with Crippen LogP contribution in [0.2, 0.25) is 0 Å². The molecule has 2 aliphatic carbocycles. The molecule has 0 unspecified atom stereocenters. The van der Waals surface area contributed by atoms with Crippen LogP contribution in [0.4, 0.5) is 0 Å². The van der Waals surface area contributed by atoms with Crippen LogP contribution in [0.15, 0.2) is 23.0 Å².